The van der Waals surface area contributed by atoms with Gasteiger partial charge in [0.25, 0.3) is 0 Å². The van der Waals surface area contributed by atoms with E-state index in [0.717, 1.165) is 11.8 Å². The van der Waals surface area contributed by atoms with E-state index in [1.807, 2.05) is 0 Å². The van der Waals surface area contributed by atoms with E-state index in [1.54, 1.807) is 0 Å². The van der Waals surface area contributed by atoms with E-state index in [2.05, 4.69) is 31.2 Å². The highest BCUT2D eigenvalue weighted by Gasteiger charge is 2.36. The van der Waals surface area contributed by atoms with Gasteiger partial charge in [-0.15, -0.1) is 0 Å². The molecule has 1 saturated carbocycles. The van der Waals surface area contributed by atoms with Gasteiger partial charge in [0.2, 0.25) is 0 Å². The van der Waals surface area contributed by atoms with Crippen LogP contribution in [0.1, 0.15) is 49.7 Å². The van der Waals surface area contributed by atoms with Gasteiger partial charge in [0, 0.05) is 12.0 Å². The Morgan fingerprint density at radius 3 is 2.82 bits per heavy atom. The summed E-state index contributed by atoms with van der Waals surface area (Å²) in [6, 6.07) is 9.22. The first-order chi connectivity index (χ1) is 8.25. The maximum Gasteiger partial charge on any atom is 0.0140 e. The Labute approximate surface area is 104 Å². The van der Waals surface area contributed by atoms with Gasteiger partial charge >= 0.3 is 0 Å². The van der Waals surface area contributed by atoms with Crippen LogP contribution in [-0.2, 0) is 6.42 Å². The summed E-state index contributed by atoms with van der Waals surface area (Å²) in [6.45, 7) is 2.38. The normalized spacial score (nSPS) is 33.6. The topological polar surface area (TPSA) is 26.0 Å². The maximum atomic E-state index is 6.53. The molecule has 1 nitrogen and oxygen atoms in total. The summed E-state index contributed by atoms with van der Waals surface area (Å²) < 4.78 is 0. The van der Waals surface area contributed by atoms with E-state index in [4.69, 9.17) is 5.73 Å². The van der Waals surface area contributed by atoms with Crippen molar-refractivity contribution in [3.63, 3.8) is 0 Å². The van der Waals surface area contributed by atoms with Crippen molar-refractivity contribution in [1.82, 2.24) is 0 Å². The molecule has 4 unspecified atom stereocenters. The van der Waals surface area contributed by atoms with Crippen molar-refractivity contribution in [2.75, 3.05) is 0 Å². The van der Waals surface area contributed by atoms with Crippen LogP contribution in [0.4, 0.5) is 0 Å². The summed E-state index contributed by atoms with van der Waals surface area (Å²) in [5, 5.41) is 0. The molecular formula is C16H23N. The van der Waals surface area contributed by atoms with Crippen LogP contribution in [0, 0.1) is 11.8 Å². The Morgan fingerprint density at radius 1 is 1.24 bits per heavy atom. The van der Waals surface area contributed by atoms with Crippen molar-refractivity contribution < 1.29 is 0 Å². The summed E-state index contributed by atoms with van der Waals surface area (Å²) >= 11 is 0. The van der Waals surface area contributed by atoms with Gasteiger partial charge in [-0.05, 0) is 42.2 Å². The molecule has 1 heteroatoms. The molecule has 0 aromatic heterocycles. The summed E-state index contributed by atoms with van der Waals surface area (Å²) in [5.74, 6) is 2.29. The van der Waals surface area contributed by atoms with Crippen LogP contribution in [0.3, 0.4) is 0 Å². The smallest absolute Gasteiger partial charge is 0.0140 e. The van der Waals surface area contributed by atoms with Crippen molar-refractivity contribution in [2.24, 2.45) is 17.6 Å². The molecule has 92 valence electrons. The lowest BCUT2D eigenvalue weighted by molar-refractivity contribution is 0.221. The molecule has 0 heterocycles. The first kappa shape index (κ1) is 11.3. The second-order valence-corrected chi connectivity index (χ2v) is 6.12. The van der Waals surface area contributed by atoms with Crippen LogP contribution < -0.4 is 5.73 Å². The third-order valence-electron chi connectivity index (χ3n) is 4.88. The Balaban J connectivity index is 1.70. The zero-order valence-electron chi connectivity index (χ0n) is 10.7. The van der Waals surface area contributed by atoms with E-state index >= 15 is 0 Å². The van der Waals surface area contributed by atoms with Crippen molar-refractivity contribution in [1.29, 1.82) is 0 Å². The van der Waals surface area contributed by atoms with Crippen molar-refractivity contribution in [3.8, 4) is 0 Å². The Hall–Kier alpha value is -0.820. The molecule has 17 heavy (non-hydrogen) atoms. The molecule has 0 spiro atoms. The second-order valence-electron chi connectivity index (χ2n) is 6.12. The first-order valence-corrected chi connectivity index (χ1v) is 7.09. The lowest BCUT2D eigenvalue weighted by Crippen LogP contribution is -2.42. The molecule has 1 aromatic carbocycles. The zero-order chi connectivity index (χ0) is 11.8. The Morgan fingerprint density at radius 2 is 2.06 bits per heavy atom. The van der Waals surface area contributed by atoms with Crippen LogP contribution in [-0.4, -0.2) is 6.04 Å². The molecule has 4 atom stereocenters. The lowest BCUT2D eigenvalue weighted by atomic mass is 9.67. The molecule has 0 aliphatic heterocycles. The predicted molar refractivity (Wildman–Crippen MR) is 72.0 cm³/mol. The van der Waals surface area contributed by atoms with E-state index < -0.39 is 0 Å². The highest BCUT2D eigenvalue weighted by Crippen LogP contribution is 2.42. The fourth-order valence-corrected chi connectivity index (χ4v) is 3.80. The minimum absolute atomic E-state index is 0.396. The summed E-state index contributed by atoms with van der Waals surface area (Å²) in [5.41, 5.74) is 9.58. The Bertz CT molecular complexity index is 398. The van der Waals surface area contributed by atoms with Crippen LogP contribution in [0.25, 0.3) is 0 Å². The standard InChI is InChI=1S/C16H23N/c1-11-5-4-7-13(9-11)16(17)15-10-12-6-2-3-8-14(12)15/h2-3,6,8,11,13,15-16H,4-5,7,9-10,17H2,1H3. The van der Waals surface area contributed by atoms with Crippen LogP contribution in [0.15, 0.2) is 24.3 Å². The molecule has 2 aliphatic rings. The Kier molecular flexibility index (Phi) is 2.96. The summed E-state index contributed by atoms with van der Waals surface area (Å²) in [4.78, 5) is 0. The van der Waals surface area contributed by atoms with E-state index in [-0.39, 0.29) is 0 Å². The number of hydrogen-bond donors (Lipinski definition) is 1. The fraction of sp³-hybridized carbons (Fsp3) is 0.625. The highest BCUT2D eigenvalue weighted by molar-refractivity contribution is 5.41. The minimum Gasteiger partial charge on any atom is -0.327 e. The van der Waals surface area contributed by atoms with Crippen molar-refractivity contribution in [2.45, 2.75) is 51.0 Å². The third-order valence-corrected chi connectivity index (χ3v) is 4.88. The zero-order valence-corrected chi connectivity index (χ0v) is 10.7. The lowest BCUT2D eigenvalue weighted by Gasteiger charge is -2.41. The maximum absolute atomic E-state index is 6.53. The minimum atomic E-state index is 0.396. The van der Waals surface area contributed by atoms with Crippen molar-refractivity contribution >= 4 is 0 Å². The molecule has 2 N–H and O–H groups in total. The van der Waals surface area contributed by atoms with Gasteiger partial charge in [-0.1, -0.05) is 44.0 Å². The molecular weight excluding hydrogens is 206 g/mol. The molecule has 0 amide bonds. The molecule has 0 radical (unpaired) electrons. The second kappa shape index (κ2) is 4.45. The van der Waals surface area contributed by atoms with Gasteiger partial charge < -0.3 is 5.73 Å². The van der Waals surface area contributed by atoms with Crippen molar-refractivity contribution in [3.05, 3.63) is 35.4 Å². The number of hydrogen-bond acceptors (Lipinski definition) is 1. The number of benzene rings is 1. The molecule has 2 aliphatic carbocycles. The quantitative estimate of drug-likeness (QED) is 0.825. The summed E-state index contributed by atoms with van der Waals surface area (Å²) in [6.07, 6.45) is 6.70. The van der Waals surface area contributed by atoms with E-state index in [9.17, 15) is 0 Å². The fourth-order valence-electron chi connectivity index (χ4n) is 3.80. The van der Waals surface area contributed by atoms with Gasteiger partial charge in [-0.3, -0.25) is 0 Å². The summed E-state index contributed by atoms with van der Waals surface area (Å²) in [7, 11) is 0. The first-order valence-electron chi connectivity index (χ1n) is 7.09. The average molecular weight is 229 g/mol. The molecule has 3 rings (SSSR count). The monoisotopic (exact) mass is 229 g/mol. The molecule has 1 fully saturated rings. The van der Waals surface area contributed by atoms with Gasteiger partial charge in [-0.25, -0.2) is 0 Å². The highest BCUT2D eigenvalue weighted by atomic mass is 14.7. The van der Waals surface area contributed by atoms with E-state index in [0.29, 0.717) is 12.0 Å². The SMILES string of the molecule is CC1CCCC(C(N)C2Cc3ccccc32)C1. The van der Waals surface area contributed by atoms with Gasteiger partial charge in [0.05, 0.1) is 0 Å². The van der Waals surface area contributed by atoms with Crippen LogP contribution >= 0.6 is 0 Å². The molecule has 1 aromatic rings. The largest absolute Gasteiger partial charge is 0.327 e. The number of rotatable bonds is 2. The van der Waals surface area contributed by atoms with Crippen LogP contribution in [0.5, 0.6) is 0 Å². The predicted octanol–water partition coefficient (Wildman–Crippen LogP) is 3.48. The third kappa shape index (κ3) is 2.01. The molecule has 0 saturated heterocycles. The van der Waals surface area contributed by atoms with Gasteiger partial charge in [-0.2, -0.15) is 0 Å². The number of fused-ring (bicyclic) bond motifs is 1. The molecule has 0 bridgehead atoms. The van der Waals surface area contributed by atoms with Gasteiger partial charge in [0.1, 0.15) is 0 Å². The average Bonchev–Trinajstić information content (AvgIpc) is 2.30. The van der Waals surface area contributed by atoms with E-state index in [1.165, 1.54) is 43.2 Å². The van der Waals surface area contributed by atoms with Gasteiger partial charge in [0.15, 0.2) is 0 Å². The van der Waals surface area contributed by atoms with Crippen LogP contribution in [0.2, 0.25) is 0 Å². The number of nitrogens with two attached hydrogens (primary N) is 1.